The van der Waals surface area contributed by atoms with Crippen LogP contribution in [0.5, 0.6) is 0 Å². The maximum Gasteiger partial charge on any atom is 0.416 e. The van der Waals surface area contributed by atoms with Crippen molar-refractivity contribution < 1.29 is 27.9 Å². The van der Waals surface area contributed by atoms with Gasteiger partial charge in [0.15, 0.2) is 0 Å². The number of benzene rings is 2. The molecule has 4 nitrogen and oxygen atoms in total. The fourth-order valence-corrected chi connectivity index (χ4v) is 2.76. The maximum atomic E-state index is 12.5. The first-order valence-corrected chi connectivity index (χ1v) is 8.20. The third kappa shape index (κ3) is 5.45. The Morgan fingerprint density at radius 3 is 2.28 bits per heavy atom. The minimum Gasteiger partial charge on any atom is -0.480 e. The van der Waals surface area contributed by atoms with E-state index in [9.17, 15) is 27.9 Å². The Morgan fingerprint density at radius 1 is 1.12 bits per heavy atom. The number of amides is 1. The molecule has 2 N–H and O–H groups in total. The Balaban J connectivity index is 2.11. The van der Waals surface area contributed by atoms with Crippen LogP contribution in [0.15, 0.2) is 48.5 Å². The molecular weight excluding hydrogens is 450 g/mol. The van der Waals surface area contributed by atoms with Crippen molar-refractivity contribution in [2.45, 2.75) is 18.6 Å². The highest BCUT2D eigenvalue weighted by atomic mass is 127. The molecule has 0 saturated carbocycles. The second-order valence-corrected chi connectivity index (χ2v) is 6.52. The van der Waals surface area contributed by atoms with E-state index in [1.807, 2.05) is 6.07 Å². The van der Waals surface area contributed by atoms with Crippen molar-refractivity contribution >= 4 is 34.5 Å². The fraction of sp³-hybridized carbons (Fsp3) is 0.176. The smallest absolute Gasteiger partial charge is 0.416 e. The van der Waals surface area contributed by atoms with Gasteiger partial charge in [-0.25, -0.2) is 4.79 Å². The number of aliphatic carboxylic acids is 1. The predicted molar refractivity (Wildman–Crippen MR) is 93.2 cm³/mol. The van der Waals surface area contributed by atoms with Crippen LogP contribution in [0.3, 0.4) is 0 Å². The molecule has 0 unspecified atom stereocenters. The van der Waals surface area contributed by atoms with Gasteiger partial charge in [-0.15, -0.1) is 0 Å². The van der Waals surface area contributed by atoms with Crippen LogP contribution >= 0.6 is 22.6 Å². The van der Waals surface area contributed by atoms with Gasteiger partial charge in [0.2, 0.25) is 0 Å². The van der Waals surface area contributed by atoms with Gasteiger partial charge in [0.25, 0.3) is 5.91 Å². The average molecular weight is 463 g/mol. The van der Waals surface area contributed by atoms with Crippen molar-refractivity contribution in [3.05, 3.63) is 68.8 Å². The molecule has 8 heteroatoms. The first kappa shape index (κ1) is 19.2. The van der Waals surface area contributed by atoms with Gasteiger partial charge in [-0.1, -0.05) is 12.1 Å². The maximum absolute atomic E-state index is 12.5. The number of alkyl halides is 3. The van der Waals surface area contributed by atoms with Gasteiger partial charge in [0.05, 0.1) is 5.56 Å². The van der Waals surface area contributed by atoms with E-state index in [4.69, 9.17) is 0 Å². The lowest BCUT2D eigenvalue weighted by molar-refractivity contribution is -0.139. The van der Waals surface area contributed by atoms with Crippen LogP contribution in [-0.4, -0.2) is 23.0 Å². The number of carboxylic acids is 1. The zero-order chi connectivity index (χ0) is 18.6. The molecule has 0 radical (unpaired) electrons. The molecule has 0 heterocycles. The number of nitrogens with one attached hydrogen (secondary N) is 1. The predicted octanol–water partition coefficient (Wildman–Crippen LogP) is 3.74. The number of carbonyl (C=O) groups excluding carboxylic acids is 1. The first-order valence-electron chi connectivity index (χ1n) is 7.12. The summed E-state index contributed by atoms with van der Waals surface area (Å²) >= 11 is 2.09. The molecule has 1 atom stereocenters. The Bertz CT molecular complexity index is 775. The van der Waals surface area contributed by atoms with Gasteiger partial charge < -0.3 is 10.4 Å². The third-order valence-corrected chi connectivity index (χ3v) is 4.08. The summed E-state index contributed by atoms with van der Waals surface area (Å²) in [4.78, 5) is 23.5. The summed E-state index contributed by atoms with van der Waals surface area (Å²) < 4.78 is 38.5. The normalized spacial score (nSPS) is 12.5. The summed E-state index contributed by atoms with van der Waals surface area (Å²) in [5, 5.41) is 11.6. The summed E-state index contributed by atoms with van der Waals surface area (Å²) in [5.74, 6) is -1.97. The van der Waals surface area contributed by atoms with Crippen molar-refractivity contribution in [2.75, 3.05) is 0 Å². The van der Waals surface area contributed by atoms with Gasteiger partial charge in [0.1, 0.15) is 6.04 Å². The third-order valence-electron chi connectivity index (χ3n) is 3.41. The molecule has 0 saturated heterocycles. The minimum absolute atomic E-state index is 0.0399. The standard InChI is InChI=1S/C17H13F3INO3/c18-17(19,20)12-6-4-11(5-7-12)15(23)22-14(16(24)25)9-10-2-1-3-13(21)8-10/h1-8,14H,9H2,(H,22,23)(H,24,25)/t14-/m0/s1. The van der Waals surface area contributed by atoms with Gasteiger partial charge in [-0.3, -0.25) is 4.79 Å². The summed E-state index contributed by atoms with van der Waals surface area (Å²) in [6.45, 7) is 0. The Labute approximate surface area is 155 Å². The van der Waals surface area contributed by atoms with Crippen LogP contribution in [0.2, 0.25) is 0 Å². The monoisotopic (exact) mass is 463 g/mol. The van der Waals surface area contributed by atoms with Gasteiger partial charge in [-0.2, -0.15) is 13.2 Å². The topological polar surface area (TPSA) is 66.4 Å². The SMILES string of the molecule is O=C(N[C@@H](Cc1cccc(I)c1)C(=O)O)c1ccc(C(F)(F)F)cc1. The van der Waals surface area contributed by atoms with Crippen molar-refractivity contribution in [2.24, 2.45) is 0 Å². The zero-order valence-corrected chi connectivity index (χ0v) is 14.8. The van der Waals surface area contributed by atoms with E-state index in [2.05, 4.69) is 27.9 Å². The number of halogens is 4. The van der Waals surface area contributed by atoms with Crippen molar-refractivity contribution in [3.63, 3.8) is 0 Å². The minimum atomic E-state index is -4.50. The molecular formula is C17H13F3INO3. The summed E-state index contributed by atoms with van der Waals surface area (Å²) in [7, 11) is 0. The number of carbonyl (C=O) groups is 2. The van der Waals surface area contributed by atoms with E-state index in [1.165, 1.54) is 0 Å². The van der Waals surface area contributed by atoms with Gasteiger partial charge in [-0.05, 0) is 64.6 Å². The lowest BCUT2D eigenvalue weighted by atomic mass is 10.1. The molecule has 25 heavy (non-hydrogen) atoms. The highest BCUT2D eigenvalue weighted by molar-refractivity contribution is 14.1. The van der Waals surface area contributed by atoms with E-state index in [-0.39, 0.29) is 12.0 Å². The molecule has 0 aromatic heterocycles. The second kappa shape index (κ2) is 7.85. The lowest BCUT2D eigenvalue weighted by Gasteiger charge is -2.15. The highest BCUT2D eigenvalue weighted by Gasteiger charge is 2.30. The van der Waals surface area contributed by atoms with Crippen molar-refractivity contribution in [1.82, 2.24) is 5.32 Å². The van der Waals surface area contributed by atoms with E-state index in [1.54, 1.807) is 18.2 Å². The summed E-state index contributed by atoms with van der Waals surface area (Å²) in [6.07, 6.45) is -4.43. The molecule has 0 aliphatic heterocycles. The average Bonchev–Trinajstić information content (AvgIpc) is 2.53. The molecule has 0 bridgehead atoms. The molecule has 2 rings (SSSR count). The van der Waals surface area contributed by atoms with Crippen molar-refractivity contribution in [1.29, 1.82) is 0 Å². The van der Waals surface area contributed by atoms with Gasteiger partial charge in [0, 0.05) is 15.6 Å². The largest absolute Gasteiger partial charge is 0.480 e. The number of rotatable bonds is 5. The van der Waals surface area contributed by atoms with Crippen LogP contribution in [0.4, 0.5) is 13.2 Å². The Hall–Kier alpha value is -2.10. The molecule has 0 spiro atoms. The molecule has 0 aliphatic rings. The molecule has 0 fully saturated rings. The number of carboxylic acid groups (broad SMARTS) is 1. The molecule has 1 amide bonds. The van der Waals surface area contributed by atoms with E-state index < -0.39 is 29.7 Å². The van der Waals surface area contributed by atoms with Crippen LogP contribution in [0.1, 0.15) is 21.5 Å². The second-order valence-electron chi connectivity index (χ2n) is 5.27. The van der Waals surface area contributed by atoms with Gasteiger partial charge >= 0.3 is 12.1 Å². The molecule has 132 valence electrons. The summed E-state index contributed by atoms with van der Waals surface area (Å²) in [6, 6.07) is 9.56. The Kier molecular flexibility index (Phi) is 6.04. The highest BCUT2D eigenvalue weighted by Crippen LogP contribution is 2.29. The van der Waals surface area contributed by atoms with Crippen LogP contribution in [0.25, 0.3) is 0 Å². The van der Waals surface area contributed by atoms with Crippen LogP contribution in [-0.2, 0) is 17.4 Å². The van der Waals surface area contributed by atoms with Crippen LogP contribution in [0, 0.1) is 3.57 Å². The van der Waals surface area contributed by atoms with Crippen LogP contribution < -0.4 is 5.32 Å². The molecule has 0 aliphatic carbocycles. The number of hydrogen-bond acceptors (Lipinski definition) is 2. The summed E-state index contributed by atoms with van der Waals surface area (Å²) in [5.41, 5.74) is -0.188. The fourth-order valence-electron chi connectivity index (χ4n) is 2.15. The molecule has 2 aromatic carbocycles. The number of hydrogen-bond donors (Lipinski definition) is 2. The molecule has 2 aromatic rings. The Morgan fingerprint density at radius 2 is 1.76 bits per heavy atom. The van der Waals surface area contributed by atoms with Crippen molar-refractivity contribution in [3.8, 4) is 0 Å². The van der Waals surface area contributed by atoms with E-state index in [0.29, 0.717) is 0 Å². The quantitative estimate of drug-likeness (QED) is 0.665. The van der Waals surface area contributed by atoms with E-state index in [0.717, 1.165) is 33.4 Å². The first-order chi connectivity index (χ1) is 11.7. The lowest BCUT2D eigenvalue weighted by Crippen LogP contribution is -2.42. The van der Waals surface area contributed by atoms with E-state index >= 15 is 0 Å². The zero-order valence-electron chi connectivity index (χ0n) is 12.7.